The molecule has 9 nitrogen and oxygen atoms in total. The molecule has 1 aliphatic rings. The van der Waals surface area contributed by atoms with E-state index >= 15 is 0 Å². The lowest BCUT2D eigenvalue weighted by molar-refractivity contribution is -0.143. The Morgan fingerprint density at radius 3 is 2.48 bits per heavy atom. The maximum absolute atomic E-state index is 13.4. The number of rotatable bonds is 9. The maximum atomic E-state index is 13.4. The Morgan fingerprint density at radius 1 is 1.42 bits per heavy atom. The van der Waals surface area contributed by atoms with Gasteiger partial charge in [-0.1, -0.05) is 25.3 Å². The van der Waals surface area contributed by atoms with Gasteiger partial charge in [0.15, 0.2) is 5.17 Å². The minimum Gasteiger partial charge on any atom is -0.481 e. The second kappa shape index (κ2) is 13.1. The minimum atomic E-state index is -1.18. The van der Waals surface area contributed by atoms with Crippen LogP contribution < -0.4 is 10.7 Å². The number of alkyl halides is 1. The zero-order valence-corrected chi connectivity index (χ0v) is 19.9. The molecular formula is C20H36FN7O2S. The van der Waals surface area contributed by atoms with Crippen LogP contribution in [-0.4, -0.2) is 76.2 Å². The van der Waals surface area contributed by atoms with Gasteiger partial charge in [0, 0.05) is 39.9 Å². The van der Waals surface area contributed by atoms with Crippen molar-refractivity contribution in [1.29, 1.82) is 5.41 Å². The van der Waals surface area contributed by atoms with Crippen LogP contribution >= 0.6 is 11.8 Å². The van der Waals surface area contributed by atoms with Crippen molar-refractivity contribution in [3.63, 3.8) is 0 Å². The number of guanidine groups is 1. The molecule has 0 bridgehead atoms. The molecule has 0 saturated carbocycles. The third kappa shape index (κ3) is 7.97. The molecule has 11 heteroatoms. The number of hydrazine groups is 1. The number of aliphatic carboxylic acids is 1. The Balaban J connectivity index is 3.07. The first-order valence-corrected chi connectivity index (χ1v) is 11.3. The molecule has 176 valence electrons. The lowest BCUT2D eigenvalue weighted by Crippen LogP contribution is -2.52. The largest absolute Gasteiger partial charge is 0.481 e. The lowest BCUT2D eigenvalue weighted by Gasteiger charge is -2.37. The summed E-state index contributed by atoms with van der Waals surface area (Å²) in [6.07, 6.45) is 3.19. The lowest BCUT2D eigenvalue weighted by atomic mass is 9.97. The number of carboxylic acids is 1. The summed E-state index contributed by atoms with van der Waals surface area (Å²) in [5, 5.41) is 22.6. The molecule has 31 heavy (non-hydrogen) atoms. The molecule has 1 saturated heterocycles. The van der Waals surface area contributed by atoms with Gasteiger partial charge >= 0.3 is 5.97 Å². The van der Waals surface area contributed by atoms with Crippen molar-refractivity contribution in [1.82, 2.24) is 25.6 Å². The number of hydrogen-bond acceptors (Lipinski definition) is 6. The predicted octanol–water partition coefficient (Wildman–Crippen LogP) is 2.82. The highest BCUT2D eigenvalue weighted by Gasteiger charge is 2.28. The van der Waals surface area contributed by atoms with Gasteiger partial charge in [0.1, 0.15) is 11.3 Å². The van der Waals surface area contributed by atoms with Crippen molar-refractivity contribution in [2.24, 2.45) is 10.9 Å². The van der Waals surface area contributed by atoms with Gasteiger partial charge in [0.25, 0.3) is 0 Å². The molecule has 4 N–H and O–H groups in total. The number of aliphatic imine (C=N–C) groups is 1. The van der Waals surface area contributed by atoms with Crippen LogP contribution in [0.15, 0.2) is 29.3 Å². The normalized spacial score (nSPS) is 16.8. The Labute approximate surface area is 188 Å². The van der Waals surface area contributed by atoms with E-state index < -0.39 is 11.5 Å². The van der Waals surface area contributed by atoms with Crippen molar-refractivity contribution in [2.45, 2.75) is 45.5 Å². The fourth-order valence-corrected chi connectivity index (χ4v) is 3.83. The second-order valence-electron chi connectivity index (χ2n) is 7.12. The van der Waals surface area contributed by atoms with E-state index in [1.165, 1.54) is 13.1 Å². The van der Waals surface area contributed by atoms with Crippen LogP contribution in [0.3, 0.4) is 0 Å². The van der Waals surface area contributed by atoms with Crippen molar-refractivity contribution in [3.8, 4) is 0 Å². The Bertz CT molecular complexity index is 691. The molecule has 1 rings (SSSR count). The van der Waals surface area contributed by atoms with E-state index in [9.17, 15) is 14.3 Å². The number of halogens is 1. The first kappa shape index (κ1) is 26.6. The molecule has 1 atom stereocenters. The number of amidine groups is 1. The summed E-state index contributed by atoms with van der Waals surface area (Å²) >= 11 is 0.837. The van der Waals surface area contributed by atoms with E-state index in [1.54, 1.807) is 17.0 Å². The van der Waals surface area contributed by atoms with E-state index in [1.807, 2.05) is 25.8 Å². The first-order chi connectivity index (χ1) is 14.7. The average molecular weight is 458 g/mol. The summed E-state index contributed by atoms with van der Waals surface area (Å²) in [7, 11) is 3.55. The molecule has 1 aliphatic heterocycles. The third-order valence-corrected chi connectivity index (χ3v) is 5.66. The van der Waals surface area contributed by atoms with Gasteiger partial charge in [-0.05, 0) is 33.1 Å². The molecule has 0 aromatic rings. The van der Waals surface area contributed by atoms with E-state index in [4.69, 9.17) is 5.41 Å². The molecular weight excluding hydrogens is 421 g/mol. The summed E-state index contributed by atoms with van der Waals surface area (Å²) in [5.74, 6) is 0.217. The average Bonchev–Trinajstić information content (AvgIpc) is 2.73. The molecule has 0 aliphatic carbocycles. The number of carbonyl (C=O) groups is 1. The highest BCUT2D eigenvalue weighted by atomic mass is 32.2. The zero-order chi connectivity index (χ0) is 23.6. The molecule has 1 unspecified atom stereocenters. The predicted molar refractivity (Wildman–Crippen MR) is 125 cm³/mol. The molecule has 1 heterocycles. The first-order valence-electron chi connectivity index (χ1n) is 10.4. The smallest absolute Gasteiger partial charge is 0.306 e. The molecule has 0 amide bonds. The molecule has 0 aromatic heterocycles. The number of nitrogens with zero attached hydrogens (tertiary/aromatic N) is 4. The van der Waals surface area contributed by atoms with Crippen LogP contribution in [0, 0.1) is 11.3 Å². The third-order valence-electron chi connectivity index (χ3n) is 4.83. The number of piperidine rings is 1. The van der Waals surface area contributed by atoms with Crippen LogP contribution in [0.5, 0.6) is 0 Å². The van der Waals surface area contributed by atoms with E-state index in [0.717, 1.165) is 17.5 Å². The number of thioether (sulfide) groups is 1. The molecule has 1 fully saturated rings. The number of nitrogens with one attached hydrogen (secondary N) is 3. The summed E-state index contributed by atoms with van der Waals surface area (Å²) in [4.78, 5) is 19.3. The van der Waals surface area contributed by atoms with Gasteiger partial charge in [0.05, 0.1) is 11.6 Å². The SMILES string of the molecule is C=CN=C(N1CCC(C(=O)O)CC1)N(C)N/C(CC)=C(\NCC)N(C)C(=N)SC(C)F. The minimum absolute atomic E-state index is 0.0945. The van der Waals surface area contributed by atoms with Crippen molar-refractivity contribution >= 4 is 28.9 Å². The Kier molecular flexibility index (Phi) is 11.2. The number of hydrogen-bond donors (Lipinski definition) is 4. The summed E-state index contributed by atoms with van der Waals surface area (Å²) in [6.45, 7) is 10.8. The number of carboxylic acid groups (broad SMARTS) is 1. The summed E-state index contributed by atoms with van der Waals surface area (Å²) < 4.78 is 13.4. The molecule has 0 spiro atoms. The number of allylic oxidation sites excluding steroid dienone is 1. The monoisotopic (exact) mass is 457 g/mol. The van der Waals surface area contributed by atoms with E-state index in [0.29, 0.717) is 50.7 Å². The number of likely N-dealkylation sites (tertiary alicyclic amines) is 1. The Hall–Kier alpha value is -2.43. The van der Waals surface area contributed by atoms with Crippen molar-refractivity contribution < 1.29 is 14.3 Å². The van der Waals surface area contributed by atoms with Crippen LogP contribution in [0.2, 0.25) is 0 Å². The van der Waals surface area contributed by atoms with Gasteiger partial charge in [0.2, 0.25) is 5.96 Å². The maximum Gasteiger partial charge on any atom is 0.306 e. The van der Waals surface area contributed by atoms with Gasteiger partial charge < -0.3 is 20.2 Å². The van der Waals surface area contributed by atoms with Crippen LogP contribution in [-0.2, 0) is 4.79 Å². The second-order valence-corrected chi connectivity index (χ2v) is 8.39. The highest BCUT2D eigenvalue weighted by Crippen LogP contribution is 2.20. The summed E-state index contributed by atoms with van der Waals surface area (Å²) in [6, 6.07) is 0. The van der Waals surface area contributed by atoms with Crippen molar-refractivity contribution in [3.05, 3.63) is 24.3 Å². The van der Waals surface area contributed by atoms with Crippen LogP contribution in [0.25, 0.3) is 0 Å². The van der Waals surface area contributed by atoms with E-state index in [2.05, 4.69) is 22.3 Å². The van der Waals surface area contributed by atoms with Gasteiger partial charge in [-0.2, -0.15) is 0 Å². The molecule has 0 radical (unpaired) electrons. The van der Waals surface area contributed by atoms with Gasteiger partial charge in [-0.3, -0.25) is 20.6 Å². The zero-order valence-electron chi connectivity index (χ0n) is 19.1. The van der Waals surface area contributed by atoms with E-state index in [-0.39, 0.29) is 11.1 Å². The van der Waals surface area contributed by atoms with Gasteiger partial charge in [-0.25, -0.2) is 9.38 Å². The van der Waals surface area contributed by atoms with Crippen molar-refractivity contribution in [2.75, 3.05) is 33.7 Å². The van der Waals surface area contributed by atoms with Gasteiger partial charge in [-0.15, -0.1) is 0 Å². The highest BCUT2D eigenvalue weighted by molar-refractivity contribution is 8.14. The topological polar surface area (TPSA) is 107 Å². The van der Waals surface area contributed by atoms with Crippen LogP contribution in [0.1, 0.15) is 40.0 Å². The standard InChI is InChI=1S/C20H36FN7O2S/c1-7-16(17(23-8-2)26(5)19(22)31-14(4)21)25-27(6)20(24-9-3)28-12-10-15(11-13-28)18(29)30/h9,14-15,22-23,25H,3,7-8,10-13H2,1-2,4-6H3,(H,29,30)/b17-16+,22-19?,24-20?. The fraction of sp³-hybridized carbons (Fsp3) is 0.650. The Morgan fingerprint density at radius 2 is 2.03 bits per heavy atom. The quantitative estimate of drug-likeness (QED) is 0.238. The summed E-state index contributed by atoms with van der Waals surface area (Å²) in [5.41, 5.74) is 2.95. The molecule has 0 aromatic carbocycles. The fourth-order valence-electron chi connectivity index (χ4n) is 3.27. The van der Waals surface area contributed by atoms with Crippen LogP contribution in [0.4, 0.5) is 4.39 Å².